The molecule has 0 radical (unpaired) electrons. The number of carbonyl (C=O) groups is 2. The van der Waals surface area contributed by atoms with Gasteiger partial charge >= 0.3 is 5.97 Å². The molecule has 0 spiro atoms. The number of aromatic carboxylic acids is 1. The molecule has 208 valence electrons. The minimum Gasteiger partial charge on any atom is -0.478 e. The van der Waals surface area contributed by atoms with Crippen LogP contribution in [-0.4, -0.2) is 21.6 Å². The summed E-state index contributed by atoms with van der Waals surface area (Å²) in [5.41, 5.74) is 9.37. The Hall–Kier alpha value is -4.64. The van der Waals surface area contributed by atoms with Gasteiger partial charge < -0.3 is 15.0 Å². The predicted octanol–water partition coefficient (Wildman–Crippen LogP) is 8.29. The first-order chi connectivity index (χ1) is 19.6. The maximum absolute atomic E-state index is 13.2. The summed E-state index contributed by atoms with van der Waals surface area (Å²) in [7, 11) is 0. The zero-order valence-electron chi connectivity index (χ0n) is 24.2. The lowest BCUT2D eigenvalue weighted by atomic mass is 9.98. The molecule has 0 saturated heterocycles. The van der Waals surface area contributed by atoms with Crippen LogP contribution in [0, 0.1) is 13.8 Å². The average Bonchev–Trinajstić information content (AvgIpc) is 3.21. The number of nitrogens with zero attached hydrogens (tertiary/aromatic N) is 1. The van der Waals surface area contributed by atoms with Crippen LogP contribution >= 0.6 is 0 Å². The van der Waals surface area contributed by atoms with Gasteiger partial charge in [-0.05, 0) is 84.3 Å². The van der Waals surface area contributed by atoms with E-state index in [-0.39, 0.29) is 11.9 Å². The molecule has 0 saturated carbocycles. The number of hydrogen-bond donors (Lipinski definition) is 2. The maximum Gasteiger partial charge on any atom is 0.336 e. The Morgan fingerprint density at radius 3 is 2.24 bits per heavy atom. The Labute approximate surface area is 241 Å². The number of benzene rings is 4. The number of fused-ring (bicyclic) bond motifs is 1. The summed E-state index contributed by atoms with van der Waals surface area (Å²) in [6.45, 7) is 11.2. The normalized spacial score (nSPS) is 12.0. The van der Waals surface area contributed by atoms with E-state index in [1.807, 2.05) is 61.5 Å². The molecular weight excluding hydrogens is 508 g/mol. The monoisotopic (exact) mass is 544 g/mol. The molecule has 0 aliphatic rings. The number of amides is 1. The largest absolute Gasteiger partial charge is 0.478 e. The van der Waals surface area contributed by atoms with Crippen molar-refractivity contribution in [3.8, 4) is 11.1 Å². The molecule has 1 aromatic heterocycles. The number of carbonyl (C=O) groups excluding carboxylic acids is 1. The molecule has 5 heteroatoms. The van der Waals surface area contributed by atoms with E-state index in [0.29, 0.717) is 29.2 Å². The van der Waals surface area contributed by atoms with Gasteiger partial charge in [0, 0.05) is 28.7 Å². The van der Waals surface area contributed by atoms with Crippen LogP contribution in [0.15, 0.2) is 91.0 Å². The molecule has 2 N–H and O–H groups in total. The summed E-state index contributed by atoms with van der Waals surface area (Å²) in [4.78, 5) is 24.9. The van der Waals surface area contributed by atoms with Gasteiger partial charge in [0.25, 0.3) is 5.91 Å². The third kappa shape index (κ3) is 5.66. The van der Waals surface area contributed by atoms with Crippen molar-refractivity contribution >= 4 is 22.8 Å². The van der Waals surface area contributed by atoms with Crippen molar-refractivity contribution < 1.29 is 14.7 Å². The van der Waals surface area contributed by atoms with Gasteiger partial charge in [-0.15, -0.1) is 0 Å². The number of carboxylic acids is 1. The second-order valence-electron chi connectivity index (χ2n) is 11.1. The van der Waals surface area contributed by atoms with Crippen LogP contribution in [0.5, 0.6) is 0 Å². The van der Waals surface area contributed by atoms with Crippen molar-refractivity contribution in [3.05, 3.63) is 130 Å². The van der Waals surface area contributed by atoms with Gasteiger partial charge in [-0.1, -0.05) is 80.6 Å². The zero-order chi connectivity index (χ0) is 29.3. The molecule has 0 aliphatic heterocycles. The molecule has 1 heterocycles. The molecule has 1 amide bonds. The molecule has 41 heavy (non-hydrogen) atoms. The fraction of sp³-hybridized carbons (Fsp3) is 0.222. The molecule has 5 nitrogen and oxygen atoms in total. The van der Waals surface area contributed by atoms with E-state index in [1.54, 1.807) is 12.1 Å². The minimum absolute atomic E-state index is 0.0867. The fourth-order valence-electron chi connectivity index (χ4n) is 5.44. The van der Waals surface area contributed by atoms with E-state index in [0.717, 1.165) is 38.9 Å². The first-order valence-electron chi connectivity index (χ1n) is 14.1. The lowest BCUT2D eigenvalue weighted by Gasteiger charge is -2.16. The van der Waals surface area contributed by atoms with Crippen LogP contribution < -0.4 is 5.32 Å². The molecule has 0 fully saturated rings. The van der Waals surface area contributed by atoms with Gasteiger partial charge in [0.2, 0.25) is 0 Å². The molecule has 5 aromatic rings. The van der Waals surface area contributed by atoms with Crippen LogP contribution in [0.25, 0.3) is 22.0 Å². The van der Waals surface area contributed by atoms with Crippen molar-refractivity contribution in [2.75, 3.05) is 0 Å². The third-order valence-corrected chi connectivity index (χ3v) is 8.09. The van der Waals surface area contributed by atoms with Crippen molar-refractivity contribution in [1.82, 2.24) is 9.88 Å². The van der Waals surface area contributed by atoms with Crippen LogP contribution in [-0.2, 0) is 6.54 Å². The molecule has 0 unspecified atom stereocenters. The Morgan fingerprint density at radius 1 is 0.829 bits per heavy atom. The number of nitrogens with one attached hydrogen (secondary N) is 1. The second kappa shape index (κ2) is 11.5. The number of aromatic nitrogens is 1. The maximum atomic E-state index is 13.2. The van der Waals surface area contributed by atoms with E-state index in [9.17, 15) is 14.7 Å². The molecule has 0 aliphatic carbocycles. The Bertz CT molecular complexity index is 1750. The molecule has 0 bridgehead atoms. The summed E-state index contributed by atoms with van der Waals surface area (Å²) in [5.74, 6) is -0.587. The van der Waals surface area contributed by atoms with Crippen molar-refractivity contribution in [2.24, 2.45) is 0 Å². The number of rotatable bonds is 8. The summed E-state index contributed by atoms with van der Waals surface area (Å²) >= 11 is 0. The lowest BCUT2D eigenvalue weighted by Crippen LogP contribution is -2.26. The molecule has 4 aromatic carbocycles. The topological polar surface area (TPSA) is 71.3 Å². The Balaban J connectivity index is 1.37. The van der Waals surface area contributed by atoms with E-state index in [2.05, 4.69) is 61.8 Å². The smallest absolute Gasteiger partial charge is 0.336 e. The van der Waals surface area contributed by atoms with Crippen molar-refractivity contribution in [1.29, 1.82) is 0 Å². The average molecular weight is 545 g/mol. The first-order valence-corrected chi connectivity index (χ1v) is 14.1. The van der Waals surface area contributed by atoms with Gasteiger partial charge in [0.05, 0.1) is 11.6 Å². The second-order valence-corrected chi connectivity index (χ2v) is 11.1. The van der Waals surface area contributed by atoms with Crippen LogP contribution in [0.1, 0.15) is 81.4 Å². The summed E-state index contributed by atoms with van der Waals surface area (Å²) in [6, 6.07) is 29.3. The van der Waals surface area contributed by atoms with E-state index in [4.69, 9.17) is 0 Å². The van der Waals surface area contributed by atoms with Crippen LogP contribution in [0.4, 0.5) is 0 Å². The highest BCUT2D eigenvalue weighted by atomic mass is 16.4. The predicted molar refractivity (Wildman–Crippen MR) is 166 cm³/mol. The first kappa shape index (κ1) is 27.9. The van der Waals surface area contributed by atoms with Crippen LogP contribution in [0.3, 0.4) is 0 Å². The van der Waals surface area contributed by atoms with Crippen LogP contribution in [0.2, 0.25) is 0 Å². The van der Waals surface area contributed by atoms with Crippen molar-refractivity contribution in [3.63, 3.8) is 0 Å². The van der Waals surface area contributed by atoms with E-state index >= 15 is 0 Å². The SMILES string of the molecule is Cc1c(C)n(Cc2ccc(-c3ccccc3C(=O)O)cc2)c2ccc(C(=O)N[C@@H](C)c3cccc(C(C)C)c3)cc12. The van der Waals surface area contributed by atoms with E-state index < -0.39 is 5.97 Å². The summed E-state index contributed by atoms with van der Waals surface area (Å²) in [6.07, 6.45) is 0. The lowest BCUT2D eigenvalue weighted by molar-refractivity contribution is 0.0697. The highest BCUT2D eigenvalue weighted by molar-refractivity contribution is 5.99. The highest BCUT2D eigenvalue weighted by Gasteiger charge is 2.17. The summed E-state index contributed by atoms with van der Waals surface area (Å²) in [5, 5.41) is 13.8. The fourth-order valence-corrected chi connectivity index (χ4v) is 5.44. The number of hydrogen-bond acceptors (Lipinski definition) is 2. The van der Waals surface area contributed by atoms with E-state index in [1.165, 1.54) is 5.56 Å². The molecule has 5 rings (SSSR count). The molecular formula is C36H36N2O3. The standard InChI is InChI=1S/C36H36N2O3/c1-22(2)28-9-8-10-29(19-28)24(4)37-35(39)30-17-18-34-33(20-30)23(3)25(5)38(34)21-26-13-15-27(16-14-26)31-11-6-7-12-32(31)36(40)41/h6-20,22,24H,21H2,1-5H3,(H,37,39)(H,40,41)/t24-/m0/s1. The zero-order valence-corrected chi connectivity index (χ0v) is 24.2. The number of aryl methyl sites for hydroxylation is 1. The molecule has 1 atom stereocenters. The third-order valence-electron chi connectivity index (χ3n) is 8.09. The number of carboxylic acid groups (broad SMARTS) is 1. The van der Waals surface area contributed by atoms with Gasteiger partial charge in [0.1, 0.15) is 0 Å². The summed E-state index contributed by atoms with van der Waals surface area (Å²) < 4.78 is 2.27. The Kier molecular flexibility index (Phi) is 7.80. The van der Waals surface area contributed by atoms with Gasteiger partial charge in [-0.25, -0.2) is 4.79 Å². The quantitative estimate of drug-likeness (QED) is 0.206. The minimum atomic E-state index is -0.933. The van der Waals surface area contributed by atoms with Gasteiger partial charge in [-0.3, -0.25) is 4.79 Å². The van der Waals surface area contributed by atoms with Gasteiger partial charge in [0.15, 0.2) is 0 Å². The van der Waals surface area contributed by atoms with Gasteiger partial charge in [-0.2, -0.15) is 0 Å². The highest BCUT2D eigenvalue weighted by Crippen LogP contribution is 2.29. The van der Waals surface area contributed by atoms with Crippen molar-refractivity contribution in [2.45, 2.75) is 53.1 Å². The Morgan fingerprint density at radius 2 is 1.54 bits per heavy atom.